The normalized spacial score (nSPS) is 19.8. The Hall–Kier alpha value is -1.43. The van der Waals surface area contributed by atoms with Gasteiger partial charge in [0.25, 0.3) is 0 Å². The standard InChI is InChI=1S/C15H22N2O3/c1-17(13-7-9-20-10-8-13)11-15(16,14(18)19)12-5-3-2-4-6-12/h2-6,13H,7-11,16H2,1H3,(H,18,19). The summed E-state index contributed by atoms with van der Waals surface area (Å²) in [6.45, 7) is 1.74. The number of carbonyl (C=O) groups is 1. The lowest BCUT2D eigenvalue weighted by atomic mass is 9.89. The van der Waals surface area contributed by atoms with Gasteiger partial charge in [-0.25, -0.2) is 4.79 Å². The van der Waals surface area contributed by atoms with Gasteiger partial charge >= 0.3 is 5.97 Å². The Labute approximate surface area is 119 Å². The van der Waals surface area contributed by atoms with Gasteiger partial charge in [0.05, 0.1) is 0 Å². The van der Waals surface area contributed by atoms with Crippen molar-refractivity contribution in [2.75, 3.05) is 26.8 Å². The molecule has 0 radical (unpaired) electrons. The third kappa shape index (κ3) is 3.17. The number of nitrogens with zero attached hydrogens (tertiary/aromatic N) is 1. The van der Waals surface area contributed by atoms with Crippen molar-refractivity contribution in [2.45, 2.75) is 24.4 Å². The van der Waals surface area contributed by atoms with E-state index in [9.17, 15) is 9.90 Å². The minimum atomic E-state index is -1.38. The highest BCUT2D eigenvalue weighted by molar-refractivity contribution is 5.80. The molecule has 0 spiro atoms. The smallest absolute Gasteiger partial charge is 0.329 e. The highest BCUT2D eigenvalue weighted by Crippen LogP contribution is 2.22. The van der Waals surface area contributed by atoms with Crippen molar-refractivity contribution in [1.29, 1.82) is 0 Å². The second kappa shape index (κ2) is 6.35. The summed E-state index contributed by atoms with van der Waals surface area (Å²) in [7, 11) is 1.93. The summed E-state index contributed by atoms with van der Waals surface area (Å²) in [5, 5.41) is 9.56. The molecular formula is C15H22N2O3. The van der Waals surface area contributed by atoms with Crippen molar-refractivity contribution < 1.29 is 14.6 Å². The highest BCUT2D eigenvalue weighted by Gasteiger charge is 2.38. The third-order valence-corrected chi connectivity index (χ3v) is 3.98. The van der Waals surface area contributed by atoms with Crippen molar-refractivity contribution in [2.24, 2.45) is 5.73 Å². The van der Waals surface area contributed by atoms with Crippen LogP contribution >= 0.6 is 0 Å². The fourth-order valence-corrected chi connectivity index (χ4v) is 2.67. The number of carboxylic acids is 1. The van der Waals surface area contributed by atoms with Gasteiger partial charge in [-0.1, -0.05) is 30.3 Å². The minimum absolute atomic E-state index is 0.289. The molecule has 0 aliphatic carbocycles. The second-order valence-electron chi connectivity index (χ2n) is 5.40. The van der Waals surface area contributed by atoms with Gasteiger partial charge in [0.2, 0.25) is 0 Å². The maximum atomic E-state index is 11.7. The molecular weight excluding hydrogens is 256 g/mol. The van der Waals surface area contributed by atoms with Crippen molar-refractivity contribution in [3.05, 3.63) is 35.9 Å². The fraction of sp³-hybridized carbons (Fsp3) is 0.533. The van der Waals surface area contributed by atoms with E-state index in [1.54, 1.807) is 12.1 Å². The number of likely N-dealkylation sites (N-methyl/N-ethyl adjacent to an activating group) is 1. The molecule has 1 heterocycles. The fourth-order valence-electron chi connectivity index (χ4n) is 2.67. The minimum Gasteiger partial charge on any atom is -0.480 e. The van der Waals surface area contributed by atoms with Crippen molar-refractivity contribution in [3.8, 4) is 0 Å². The number of carboxylic acid groups (broad SMARTS) is 1. The average Bonchev–Trinajstić information content (AvgIpc) is 2.48. The number of aliphatic carboxylic acids is 1. The van der Waals surface area contributed by atoms with Gasteiger partial charge in [0.1, 0.15) is 0 Å². The zero-order valence-corrected chi connectivity index (χ0v) is 11.8. The van der Waals surface area contributed by atoms with Gasteiger partial charge in [0.15, 0.2) is 5.54 Å². The molecule has 1 fully saturated rings. The Morgan fingerprint density at radius 3 is 2.55 bits per heavy atom. The van der Waals surface area contributed by atoms with E-state index in [0.717, 1.165) is 26.1 Å². The number of rotatable bonds is 5. The van der Waals surface area contributed by atoms with Crippen LogP contribution in [-0.4, -0.2) is 48.8 Å². The van der Waals surface area contributed by atoms with Crippen LogP contribution in [0.2, 0.25) is 0 Å². The van der Waals surface area contributed by atoms with E-state index in [4.69, 9.17) is 10.5 Å². The second-order valence-corrected chi connectivity index (χ2v) is 5.40. The van der Waals surface area contributed by atoms with E-state index in [0.29, 0.717) is 11.6 Å². The van der Waals surface area contributed by atoms with Crippen LogP contribution in [0.5, 0.6) is 0 Å². The average molecular weight is 278 g/mol. The molecule has 110 valence electrons. The Morgan fingerprint density at radius 2 is 2.00 bits per heavy atom. The summed E-state index contributed by atoms with van der Waals surface area (Å²) < 4.78 is 5.34. The molecule has 1 aliphatic rings. The molecule has 0 amide bonds. The molecule has 1 aromatic rings. The van der Waals surface area contributed by atoms with E-state index in [2.05, 4.69) is 0 Å². The zero-order chi connectivity index (χ0) is 14.6. The van der Waals surface area contributed by atoms with Crippen LogP contribution in [0.1, 0.15) is 18.4 Å². The lowest BCUT2D eigenvalue weighted by Gasteiger charge is -2.36. The van der Waals surface area contributed by atoms with Crippen molar-refractivity contribution in [1.82, 2.24) is 4.90 Å². The Kier molecular flexibility index (Phi) is 4.75. The molecule has 3 N–H and O–H groups in total. The first-order chi connectivity index (χ1) is 9.54. The van der Waals surface area contributed by atoms with E-state index in [-0.39, 0.29) is 6.54 Å². The van der Waals surface area contributed by atoms with E-state index in [1.807, 2.05) is 30.1 Å². The molecule has 1 saturated heterocycles. The number of hydrogen-bond acceptors (Lipinski definition) is 4. The summed E-state index contributed by atoms with van der Waals surface area (Å²) in [6, 6.07) is 9.35. The molecule has 0 bridgehead atoms. The first kappa shape index (κ1) is 15.0. The Morgan fingerprint density at radius 1 is 1.40 bits per heavy atom. The van der Waals surface area contributed by atoms with Crippen molar-refractivity contribution >= 4 is 5.97 Å². The van der Waals surface area contributed by atoms with E-state index < -0.39 is 11.5 Å². The SMILES string of the molecule is CN(CC(N)(C(=O)O)c1ccccc1)C1CCOCC1. The zero-order valence-electron chi connectivity index (χ0n) is 11.8. The number of hydrogen-bond donors (Lipinski definition) is 2. The first-order valence-electron chi connectivity index (χ1n) is 6.90. The van der Waals surface area contributed by atoms with Gasteiger partial charge in [-0.3, -0.25) is 0 Å². The lowest BCUT2D eigenvalue weighted by molar-refractivity contribution is -0.144. The van der Waals surface area contributed by atoms with Crippen molar-refractivity contribution in [3.63, 3.8) is 0 Å². The molecule has 0 aromatic heterocycles. The summed E-state index contributed by atoms with van der Waals surface area (Å²) in [6.07, 6.45) is 1.84. The predicted molar refractivity (Wildman–Crippen MR) is 76.4 cm³/mol. The molecule has 1 unspecified atom stereocenters. The maximum absolute atomic E-state index is 11.7. The molecule has 5 nitrogen and oxygen atoms in total. The quantitative estimate of drug-likeness (QED) is 0.841. The summed E-state index contributed by atoms with van der Waals surface area (Å²) in [5.41, 5.74) is 5.45. The van der Waals surface area contributed by atoms with Crippen LogP contribution in [-0.2, 0) is 15.1 Å². The predicted octanol–water partition coefficient (Wildman–Crippen LogP) is 1.04. The van der Waals surface area contributed by atoms with Gasteiger partial charge in [0, 0.05) is 25.8 Å². The third-order valence-electron chi connectivity index (χ3n) is 3.98. The largest absolute Gasteiger partial charge is 0.480 e. The molecule has 1 aromatic carbocycles. The summed E-state index contributed by atoms with van der Waals surface area (Å²) >= 11 is 0. The number of nitrogens with two attached hydrogens (primary N) is 1. The molecule has 5 heteroatoms. The van der Waals surface area contributed by atoms with Gasteiger partial charge in [-0.15, -0.1) is 0 Å². The van der Waals surface area contributed by atoms with Gasteiger partial charge in [-0.2, -0.15) is 0 Å². The van der Waals surface area contributed by atoms with Gasteiger partial charge < -0.3 is 20.5 Å². The molecule has 20 heavy (non-hydrogen) atoms. The molecule has 1 atom stereocenters. The topological polar surface area (TPSA) is 75.8 Å². The molecule has 1 aliphatic heterocycles. The van der Waals surface area contributed by atoms with E-state index in [1.165, 1.54) is 0 Å². The number of ether oxygens (including phenoxy) is 1. The molecule has 0 saturated carbocycles. The monoisotopic (exact) mass is 278 g/mol. The Bertz CT molecular complexity index is 446. The highest BCUT2D eigenvalue weighted by atomic mass is 16.5. The number of benzene rings is 1. The van der Waals surface area contributed by atoms with Crippen LogP contribution in [0.15, 0.2) is 30.3 Å². The summed E-state index contributed by atoms with van der Waals surface area (Å²) in [5.74, 6) is -0.998. The van der Waals surface area contributed by atoms with E-state index >= 15 is 0 Å². The van der Waals surface area contributed by atoms with Crippen LogP contribution in [0.3, 0.4) is 0 Å². The van der Waals surface area contributed by atoms with Crippen LogP contribution in [0.4, 0.5) is 0 Å². The molecule has 2 rings (SSSR count). The first-order valence-corrected chi connectivity index (χ1v) is 6.90. The van der Waals surface area contributed by atoms with Gasteiger partial charge in [-0.05, 0) is 25.5 Å². The Balaban J connectivity index is 2.15. The van der Waals surface area contributed by atoms with Crippen LogP contribution in [0.25, 0.3) is 0 Å². The van der Waals surface area contributed by atoms with Crippen LogP contribution in [0, 0.1) is 0 Å². The van der Waals surface area contributed by atoms with Crippen LogP contribution < -0.4 is 5.73 Å². The summed E-state index contributed by atoms with van der Waals surface area (Å²) in [4.78, 5) is 13.7. The maximum Gasteiger partial charge on any atom is 0.329 e. The lowest BCUT2D eigenvalue weighted by Crippen LogP contribution is -2.55.